The molecule has 0 aliphatic carbocycles. The number of hydrogen-bond acceptors (Lipinski definition) is 2. The van der Waals surface area contributed by atoms with Crippen LogP contribution in [-0.4, -0.2) is 16.1 Å². The van der Waals surface area contributed by atoms with Crippen LogP contribution in [0.15, 0.2) is 239 Å². The lowest BCUT2D eigenvalue weighted by Gasteiger charge is -2.11. The normalized spacial score (nSPS) is 12.1. The molecule has 9 aromatic carbocycles. The lowest BCUT2D eigenvalue weighted by atomic mass is 9.95. The second-order valence-electron chi connectivity index (χ2n) is 15.9. The zero-order valence-electron chi connectivity index (χ0n) is 34.7. The van der Waals surface area contributed by atoms with Crippen molar-refractivity contribution < 1.29 is 4.42 Å². The lowest BCUT2D eigenvalue weighted by molar-refractivity contribution is 0.669. The van der Waals surface area contributed by atoms with E-state index < -0.39 is 0 Å². The average molecular weight is 808 g/mol. The van der Waals surface area contributed by atoms with E-state index in [1.54, 1.807) is 0 Å². The molecule has 0 saturated carbocycles. The largest absolute Gasteiger partial charge is 0.456 e. The topological polar surface area (TPSA) is 42.8 Å². The van der Waals surface area contributed by atoms with E-state index >= 15 is 0 Å². The van der Waals surface area contributed by atoms with Crippen LogP contribution in [0.3, 0.4) is 0 Å². The first-order valence-corrected chi connectivity index (χ1v) is 21.2. The minimum Gasteiger partial charge on any atom is -0.456 e. The molecule has 2 aromatic heterocycles. The molecule has 0 fully saturated rings. The fourth-order valence-corrected chi connectivity index (χ4v) is 8.84. The first kappa shape index (κ1) is 37.6. The predicted molar refractivity (Wildman–Crippen MR) is 265 cm³/mol. The number of fused-ring (bicyclic) bond motifs is 6. The van der Waals surface area contributed by atoms with E-state index in [4.69, 9.17) is 14.4 Å². The Bertz CT molecular complexity index is 3570. The summed E-state index contributed by atoms with van der Waals surface area (Å²) >= 11 is 0. The van der Waals surface area contributed by atoms with Crippen molar-refractivity contribution in [3.63, 3.8) is 0 Å². The summed E-state index contributed by atoms with van der Waals surface area (Å²) in [4.78, 5) is 10.1. The third kappa shape index (κ3) is 7.04. The molecule has 0 amide bonds. The van der Waals surface area contributed by atoms with Crippen molar-refractivity contribution in [1.29, 1.82) is 0 Å². The molecule has 4 nitrogen and oxygen atoms in total. The minimum atomic E-state index is 0.605. The Morgan fingerprint density at radius 1 is 0.429 bits per heavy atom. The quantitative estimate of drug-likeness (QED) is 0.111. The number of hydrogen-bond donors (Lipinski definition) is 0. The van der Waals surface area contributed by atoms with Gasteiger partial charge in [-0.25, -0.2) is 9.98 Å². The summed E-state index contributed by atoms with van der Waals surface area (Å²) in [7, 11) is 0. The van der Waals surface area contributed by atoms with Gasteiger partial charge in [-0.15, -0.1) is 0 Å². The molecule has 0 aliphatic rings. The highest BCUT2D eigenvalue weighted by molar-refractivity contribution is 6.15. The summed E-state index contributed by atoms with van der Waals surface area (Å²) < 4.78 is 8.95. The smallest absolute Gasteiger partial charge is 0.160 e. The predicted octanol–water partition coefficient (Wildman–Crippen LogP) is 15.6. The molecule has 0 unspecified atom stereocenters. The van der Waals surface area contributed by atoms with E-state index in [2.05, 4.69) is 181 Å². The Labute approximate surface area is 366 Å². The van der Waals surface area contributed by atoms with Crippen LogP contribution in [0.2, 0.25) is 0 Å². The second-order valence-corrected chi connectivity index (χ2v) is 15.9. The Morgan fingerprint density at radius 3 is 1.86 bits per heavy atom. The van der Waals surface area contributed by atoms with Crippen LogP contribution in [0.5, 0.6) is 0 Å². The summed E-state index contributed by atoms with van der Waals surface area (Å²) in [6.45, 7) is 6.36. The van der Waals surface area contributed by atoms with Gasteiger partial charge in [-0.05, 0) is 106 Å². The highest BCUT2D eigenvalue weighted by Crippen LogP contribution is 2.41. The van der Waals surface area contributed by atoms with E-state index in [0.717, 1.165) is 77.8 Å². The van der Waals surface area contributed by atoms with E-state index in [0.29, 0.717) is 11.5 Å². The van der Waals surface area contributed by atoms with Gasteiger partial charge in [-0.2, -0.15) is 0 Å². The molecule has 0 atom stereocenters. The number of amidine groups is 1. The van der Waals surface area contributed by atoms with Crippen LogP contribution < -0.4 is 0 Å². The molecule has 63 heavy (non-hydrogen) atoms. The Balaban J connectivity index is 1.00. The summed E-state index contributed by atoms with van der Waals surface area (Å²) in [5.41, 5.74) is 16.3. The van der Waals surface area contributed by atoms with Gasteiger partial charge in [0, 0.05) is 38.5 Å². The molecule has 0 bridgehead atoms. The molecular weight excluding hydrogens is 767 g/mol. The third-order valence-corrected chi connectivity index (χ3v) is 12.0. The Hall–Kier alpha value is -8.34. The van der Waals surface area contributed by atoms with Crippen molar-refractivity contribution >= 4 is 61.0 Å². The number of benzene rings is 9. The van der Waals surface area contributed by atoms with E-state index in [1.807, 2.05) is 55.5 Å². The van der Waals surface area contributed by atoms with Crippen LogP contribution in [0, 0.1) is 0 Å². The minimum absolute atomic E-state index is 0.605. The van der Waals surface area contributed by atoms with E-state index in [1.165, 1.54) is 27.4 Å². The number of furan rings is 1. The molecule has 0 aliphatic heterocycles. The van der Waals surface area contributed by atoms with Gasteiger partial charge in [-0.1, -0.05) is 170 Å². The molecule has 0 spiro atoms. The molecule has 4 heteroatoms. The van der Waals surface area contributed by atoms with Crippen molar-refractivity contribution in [2.75, 3.05) is 0 Å². The fraction of sp³-hybridized carbons (Fsp3) is 0.0169. The summed E-state index contributed by atoms with van der Waals surface area (Å²) in [6.07, 6.45) is 0. The van der Waals surface area contributed by atoms with Gasteiger partial charge in [0.15, 0.2) is 5.84 Å². The molecule has 298 valence electrons. The van der Waals surface area contributed by atoms with Crippen molar-refractivity contribution in [2.24, 2.45) is 9.98 Å². The number of rotatable bonds is 8. The van der Waals surface area contributed by atoms with Crippen LogP contribution >= 0.6 is 0 Å². The molecule has 0 N–H and O–H groups in total. The lowest BCUT2D eigenvalue weighted by Crippen LogP contribution is -2.04. The molecule has 0 radical (unpaired) electrons. The summed E-state index contributed by atoms with van der Waals surface area (Å²) in [5, 5.41) is 4.61. The maximum Gasteiger partial charge on any atom is 0.160 e. The first-order valence-electron chi connectivity index (χ1n) is 21.2. The maximum atomic E-state index is 6.57. The van der Waals surface area contributed by atoms with Crippen LogP contribution in [0.4, 0.5) is 0 Å². The Kier molecular flexibility index (Phi) is 9.52. The van der Waals surface area contributed by atoms with E-state index in [9.17, 15) is 0 Å². The SMILES string of the molecule is C=C(N=C(N=C(C)c1ccccc1)c1cccc(-c2cccc(-c3cccc4oc5ccc(-n6c7ccccc7c7cc(-c8ccccc8)ccc76)cc5c34)c2)c1)c1ccccc1. The molecule has 2 heterocycles. The van der Waals surface area contributed by atoms with Crippen LogP contribution in [0.25, 0.3) is 88.5 Å². The monoisotopic (exact) mass is 807 g/mol. The van der Waals surface area contributed by atoms with Gasteiger partial charge in [0.25, 0.3) is 0 Å². The van der Waals surface area contributed by atoms with Gasteiger partial charge < -0.3 is 8.98 Å². The number of para-hydroxylation sites is 1. The highest BCUT2D eigenvalue weighted by Gasteiger charge is 2.18. The second kappa shape index (κ2) is 15.9. The van der Waals surface area contributed by atoms with Gasteiger partial charge in [-0.3, -0.25) is 0 Å². The van der Waals surface area contributed by atoms with Crippen LogP contribution in [0.1, 0.15) is 23.6 Å². The average Bonchev–Trinajstić information content (AvgIpc) is 3.90. The van der Waals surface area contributed by atoms with Crippen molar-refractivity contribution in [3.05, 3.63) is 242 Å². The molecule has 11 aromatic rings. The van der Waals surface area contributed by atoms with Crippen LogP contribution in [-0.2, 0) is 0 Å². The van der Waals surface area contributed by atoms with Gasteiger partial charge in [0.05, 0.1) is 16.7 Å². The number of nitrogens with zero attached hydrogens (tertiary/aromatic N) is 3. The molecular formula is C59H41N3O. The summed E-state index contributed by atoms with van der Waals surface area (Å²) in [5.74, 6) is 0.605. The highest BCUT2D eigenvalue weighted by atomic mass is 16.3. The first-order chi connectivity index (χ1) is 31.1. The van der Waals surface area contributed by atoms with Gasteiger partial charge >= 0.3 is 0 Å². The number of aromatic nitrogens is 1. The fourth-order valence-electron chi connectivity index (χ4n) is 8.84. The van der Waals surface area contributed by atoms with Gasteiger partial charge in [0.1, 0.15) is 11.2 Å². The standard InChI is InChI=1S/C59H41N3O/c1-39(41-17-6-3-7-18-41)60-59(61-40(2)42-19-8-4-9-20-42)48-26-15-24-45(36-48)44-23-14-25-47(35-44)50-28-16-30-57-58(50)53-38-49(32-34-56(53)63-57)62-54-29-13-12-27-51(54)52-37-46(31-33-55(52)62)43-21-10-5-11-22-43/h3-38H,1H2,2H3. The third-order valence-electron chi connectivity index (χ3n) is 12.0. The zero-order valence-corrected chi connectivity index (χ0v) is 34.7. The molecule has 0 saturated heterocycles. The summed E-state index contributed by atoms with van der Waals surface area (Å²) in [6, 6.07) is 76.5. The van der Waals surface area contributed by atoms with Gasteiger partial charge in [0.2, 0.25) is 0 Å². The van der Waals surface area contributed by atoms with Crippen molar-refractivity contribution in [2.45, 2.75) is 6.92 Å². The maximum absolute atomic E-state index is 6.57. The van der Waals surface area contributed by atoms with E-state index in [-0.39, 0.29) is 0 Å². The number of aliphatic imine (C=N–C) groups is 2. The molecule has 11 rings (SSSR count). The van der Waals surface area contributed by atoms with Crippen molar-refractivity contribution in [3.8, 4) is 39.1 Å². The van der Waals surface area contributed by atoms with Crippen molar-refractivity contribution in [1.82, 2.24) is 4.57 Å². The Morgan fingerprint density at radius 2 is 1.05 bits per heavy atom. The zero-order chi connectivity index (χ0) is 42.3.